The minimum absolute atomic E-state index is 0.0229. The molecule has 2 rings (SSSR count). The molecule has 0 spiro atoms. The van der Waals surface area contributed by atoms with Gasteiger partial charge in [-0.25, -0.2) is 0 Å². The molecule has 15 nitrogen and oxygen atoms in total. The molecule has 2 fully saturated rings. The topological polar surface area (TPSA) is 106 Å². The van der Waals surface area contributed by atoms with Crippen LogP contribution in [0.4, 0.5) is 0 Å². The lowest BCUT2D eigenvalue weighted by Crippen LogP contribution is -2.51. The Labute approximate surface area is 546 Å². The molecule has 15 heteroatoms. The first-order valence-corrected chi connectivity index (χ1v) is 34.9. The molecule has 0 aromatic carbocycles. The molecule has 2 saturated heterocycles. The molecule has 530 valence electrons. The molecule has 2 aliphatic heterocycles. The van der Waals surface area contributed by atoms with Crippen LogP contribution in [0.2, 0.25) is 0 Å². The molecule has 0 atom stereocenters. The van der Waals surface area contributed by atoms with Gasteiger partial charge in [-0.1, -0.05) is 48.5 Å². The van der Waals surface area contributed by atoms with Crippen molar-refractivity contribution in [3.63, 3.8) is 0 Å². The summed E-state index contributed by atoms with van der Waals surface area (Å²) in [7, 11) is 32.9. The fraction of sp³-hybridized carbons (Fsp3) is 0.972. The summed E-state index contributed by atoms with van der Waals surface area (Å²) >= 11 is 0. The van der Waals surface area contributed by atoms with Gasteiger partial charge in [0.05, 0.1) is 220 Å². The standard InChI is InChI=1S/C11H24NO.C11H24N.C10H22NO2.C9H22NO2.C9H19NO2.2C8H20N.C6H16N/c1-10(2)4-7-12(3)8-5-11(13)6-9-12;1-11(2)7-10-12(3)8-5-4-6-9-12;1-9(2)13-7-6-11(4,5)8-10(3)12;1-9(2)12-8-6-10(3,4)5-7-11;1-8(2)12-6-5-10(4)7-9(3)11;1-8(2)6-7-9(3,4)5;1-6-7-9(4,5)8(2)3;1-6(2)7(3,4)5/h10-11,13H,4-9H2,1-3H3;11H,4-10H2,1-3H3;9H,6-8H2,1-5H3;9,11H,5-8H2,1-4H3;8H,5-7H2,1-4H3;2*8H,6-7H2,1-5H3;6H,1-5H3/q4*+1;;3*+1. The number of rotatable bonds is 31. The first-order valence-electron chi connectivity index (χ1n) is 34.9. The van der Waals surface area contributed by atoms with Crippen LogP contribution in [0.3, 0.4) is 0 Å². The number of aliphatic hydroxyl groups excluding tert-OH is 2. The zero-order valence-electron chi connectivity index (χ0n) is 65.8. The minimum Gasteiger partial charge on any atom is -0.393 e. The molecule has 2 heterocycles. The number of aliphatic hydroxyl groups is 2. The summed E-state index contributed by atoms with van der Waals surface area (Å²) in [6.45, 7) is 57.8. The van der Waals surface area contributed by atoms with Gasteiger partial charge in [0.1, 0.15) is 32.0 Å². The van der Waals surface area contributed by atoms with Crippen LogP contribution in [0.15, 0.2) is 0 Å². The third-order valence-electron chi connectivity index (χ3n) is 16.6. The maximum absolute atomic E-state index is 10.9. The highest BCUT2D eigenvalue weighted by atomic mass is 16.5. The van der Waals surface area contributed by atoms with Gasteiger partial charge in [-0.2, -0.15) is 0 Å². The Balaban J connectivity index is -0.000000217. The third kappa shape index (κ3) is 75.4. The molecule has 0 radical (unpaired) electrons. The Kier molecular flexibility index (Phi) is 58.2. The van der Waals surface area contributed by atoms with E-state index in [-0.39, 0.29) is 36.5 Å². The number of ether oxygens (including phenoxy) is 3. The van der Waals surface area contributed by atoms with E-state index in [9.17, 15) is 14.7 Å². The van der Waals surface area contributed by atoms with E-state index < -0.39 is 0 Å². The maximum atomic E-state index is 10.9. The molecule has 2 N–H and O–H groups in total. The van der Waals surface area contributed by atoms with Gasteiger partial charge in [0.2, 0.25) is 0 Å². The van der Waals surface area contributed by atoms with Crippen molar-refractivity contribution in [2.24, 2.45) is 17.8 Å². The fourth-order valence-corrected chi connectivity index (χ4v) is 8.56. The number of ketones is 2. The van der Waals surface area contributed by atoms with Crippen LogP contribution in [0.25, 0.3) is 0 Å². The Morgan fingerprint density at radius 2 is 0.897 bits per heavy atom. The molecule has 0 unspecified atom stereocenters. The van der Waals surface area contributed by atoms with E-state index in [1.54, 1.807) is 13.8 Å². The number of hydrogen-bond donors (Lipinski definition) is 2. The maximum Gasteiger partial charge on any atom is 0.183 e. The summed E-state index contributed by atoms with van der Waals surface area (Å²) in [5.74, 6) is 2.96. The molecule has 0 aromatic heterocycles. The van der Waals surface area contributed by atoms with Crippen LogP contribution in [-0.4, -0.2) is 318 Å². The van der Waals surface area contributed by atoms with E-state index in [0.717, 1.165) is 113 Å². The number of piperidine rings is 2. The lowest BCUT2D eigenvalue weighted by Gasteiger charge is -2.39. The number of likely N-dealkylation sites (N-methyl/N-ethyl adjacent to an activating group) is 3. The predicted molar refractivity (Wildman–Crippen MR) is 380 cm³/mol. The van der Waals surface area contributed by atoms with E-state index in [1.807, 2.05) is 67.6 Å². The van der Waals surface area contributed by atoms with Crippen LogP contribution >= 0.6 is 0 Å². The van der Waals surface area contributed by atoms with Crippen molar-refractivity contribution >= 4 is 11.6 Å². The number of carbonyl (C=O) groups is 2. The number of carbonyl (C=O) groups excluding carboxylic acids is 2. The second-order valence-electron chi connectivity index (χ2n) is 33.1. The summed E-state index contributed by atoms with van der Waals surface area (Å²) in [5.41, 5.74) is 0. The zero-order chi connectivity index (χ0) is 69.6. The first-order chi connectivity index (χ1) is 39.3. The van der Waals surface area contributed by atoms with Crippen molar-refractivity contribution in [3.8, 4) is 0 Å². The molecule has 0 amide bonds. The molecule has 0 saturated carbocycles. The van der Waals surface area contributed by atoms with E-state index in [1.165, 1.54) is 93.2 Å². The number of quaternary nitrogens is 7. The number of likely N-dealkylation sites (tertiary alicyclic amines) is 2. The van der Waals surface area contributed by atoms with Crippen LogP contribution in [-0.2, 0) is 23.8 Å². The number of Topliss-reactive ketones (excluding diaryl/α,β-unsaturated/α-hetero) is 2. The van der Waals surface area contributed by atoms with Crippen molar-refractivity contribution in [1.29, 1.82) is 0 Å². The van der Waals surface area contributed by atoms with Crippen LogP contribution < -0.4 is 0 Å². The Hall–Kier alpha value is -1.18. The lowest BCUT2D eigenvalue weighted by atomic mass is 10.0. The average molecular weight is 1260 g/mol. The average Bonchev–Trinajstić information content (AvgIpc) is 3.57. The van der Waals surface area contributed by atoms with Gasteiger partial charge >= 0.3 is 0 Å². The summed E-state index contributed by atoms with van der Waals surface area (Å²) in [4.78, 5) is 23.5. The third-order valence-corrected chi connectivity index (χ3v) is 16.6. The largest absolute Gasteiger partial charge is 0.393 e. The SMILES string of the molecule is CC(=O)CN(C)CCOC(C)C.CC(=O)C[N+](C)(C)CCOC(C)C.CC(C)CC[N+](C)(C)C.CC(C)CC[N+]1(C)CCC(O)CC1.CC(C)CC[N+]1(C)CCCCC1.CC(C)OCC[N+](C)(C)CCO.CC(C)[N+](C)(C)C.CCC[N+](C)(C)C(C)C. The smallest absolute Gasteiger partial charge is 0.183 e. The van der Waals surface area contributed by atoms with Crippen molar-refractivity contribution < 1.29 is 65.4 Å². The van der Waals surface area contributed by atoms with Gasteiger partial charge in [0.15, 0.2) is 5.78 Å². The summed E-state index contributed by atoms with van der Waals surface area (Å²) in [6, 6.07) is 1.49. The normalized spacial score (nSPS) is 17.2. The quantitative estimate of drug-likeness (QED) is 0.0662. The van der Waals surface area contributed by atoms with Gasteiger partial charge < -0.3 is 55.8 Å². The molecular formula is C72H167N8O7+7. The Bertz CT molecular complexity index is 1560. The fourth-order valence-electron chi connectivity index (χ4n) is 8.56. The summed E-state index contributed by atoms with van der Waals surface area (Å²) in [5, 5.41) is 18.2. The molecule has 0 bridgehead atoms. The first kappa shape index (κ1) is 96.9. The van der Waals surface area contributed by atoms with Gasteiger partial charge in [-0.05, 0) is 146 Å². The van der Waals surface area contributed by atoms with Gasteiger partial charge in [-0.3, -0.25) is 14.5 Å². The van der Waals surface area contributed by atoms with Gasteiger partial charge in [0, 0.05) is 26.3 Å². The Morgan fingerprint density at radius 3 is 1.18 bits per heavy atom. The minimum atomic E-state index is -0.0229. The van der Waals surface area contributed by atoms with Crippen LogP contribution in [0, 0.1) is 17.8 Å². The molecule has 2 aliphatic rings. The molecular weight excluding hydrogens is 1090 g/mol. The van der Waals surface area contributed by atoms with Crippen molar-refractivity contribution in [3.05, 3.63) is 0 Å². The molecule has 87 heavy (non-hydrogen) atoms. The summed E-state index contributed by atoms with van der Waals surface area (Å²) < 4.78 is 23.6. The van der Waals surface area contributed by atoms with Crippen LogP contribution in [0.5, 0.6) is 0 Å². The van der Waals surface area contributed by atoms with Crippen molar-refractivity contribution in [2.75, 3.05) is 224 Å². The van der Waals surface area contributed by atoms with Crippen molar-refractivity contribution in [1.82, 2.24) is 4.90 Å². The molecule has 0 aliphatic carbocycles. The van der Waals surface area contributed by atoms with Gasteiger partial charge in [-0.15, -0.1) is 0 Å². The second kappa shape index (κ2) is 52.2. The zero-order valence-corrected chi connectivity index (χ0v) is 65.8. The van der Waals surface area contributed by atoms with Crippen LogP contribution in [0.1, 0.15) is 189 Å². The monoisotopic (exact) mass is 1260 g/mol. The van der Waals surface area contributed by atoms with Crippen molar-refractivity contribution in [2.45, 2.75) is 226 Å². The predicted octanol–water partition coefficient (Wildman–Crippen LogP) is 11.5. The number of hydrogen-bond acceptors (Lipinski definition) is 8. The lowest BCUT2D eigenvalue weighted by molar-refractivity contribution is -0.915. The highest BCUT2D eigenvalue weighted by Gasteiger charge is 2.29. The highest BCUT2D eigenvalue weighted by Crippen LogP contribution is 2.20. The van der Waals surface area contributed by atoms with E-state index >= 15 is 0 Å². The molecule has 0 aromatic rings. The van der Waals surface area contributed by atoms with E-state index in [4.69, 9.17) is 19.3 Å². The van der Waals surface area contributed by atoms with E-state index in [0.29, 0.717) is 30.3 Å². The second-order valence-corrected chi connectivity index (χ2v) is 33.1. The van der Waals surface area contributed by atoms with Gasteiger partial charge in [0.25, 0.3) is 0 Å². The number of nitrogens with zero attached hydrogens (tertiary/aromatic N) is 8. The summed E-state index contributed by atoms with van der Waals surface area (Å²) in [6.07, 6.45) is 12.5. The Morgan fingerprint density at radius 1 is 0.517 bits per heavy atom. The van der Waals surface area contributed by atoms with E-state index in [2.05, 4.69) is 161 Å². The highest BCUT2D eigenvalue weighted by molar-refractivity contribution is 5.77.